The first kappa shape index (κ1) is 11.4. The molecule has 3 heteroatoms. The Balaban J connectivity index is 2.08. The molecule has 16 heavy (non-hydrogen) atoms. The van der Waals surface area contributed by atoms with Crippen LogP contribution in [-0.4, -0.2) is 18.1 Å². The van der Waals surface area contributed by atoms with Crippen LogP contribution in [0.1, 0.15) is 31.7 Å². The fourth-order valence-electron chi connectivity index (χ4n) is 2.43. The van der Waals surface area contributed by atoms with E-state index in [1.807, 2.05) is 6.92 Å². The van der Waals surface area contributed by atoms with Crippen LogP contribution in [0.5, 0.6) is 0 Å². The Labute approximate surface area is 96.5 Å². The third-order valence-corrected chi connectivity index (χ3v) is 3.58. The molecule has 0 amide bonds. The molecule has 1 aliphatic rings. The highest BCUT2D eigenvalue weighted by molar-refractivity contribution is 5.51. The molecule has 0 spiro atoms. The summed E-state index contributed by atoms with van der Waals surface area (Å²) in [6.45, 7) is 6.36. The van der Waals surface area contributed by atoms with Crippen molar-refractivity contribution in [1.29, 1.82) is 0 Å². The van der Waals surface area contributed by atoms with Crippen LogP contribution >= 0.6 is 0 Å². The first-order chi connectivity index (χ1) is 7.70. The lowest BCUT2D eigenvalue weighted by molar-refractivity contribution is 0.394. The molecule has 0 aliphatic carbocycles. The molecule has 0 saturated carbocycles. The molecule has 0 bridgehead atoms. The van der Waals surface area contributed by atoms with Crippen LogP contribution in [0.3, 0.4) is 0 Å². The van der Waals surface area contributed by atoms with Gasteiger partial charge in [-0.3, -0.25) is 0 Å². The summed E-state index contributed by atoms with van der Waals surface area (Å²) < 4.78 is 12.9. The van der Waals surface area contributed by atoms with Crippen molar-refractivity contribution in [1.82, 2.24) is 4.98 Å². The number of anilines is 1. The van der Waals surface area contributed by atoms with Crippen LogP contribution in [0.2, 0.25) is 0 Å². The number of halogens is 1. The van der Waals surface area contributed by atoms with E-state index in [4.69, 9.17) is 0 Å². The summed E-state index contributed by atoms with van der Waals surface area (Å²) in [6, 6.07) is 1.52. The van der Waals surface area contributed by atoms with Crippen LogP contribution in [0, 0.1) is 18.8 Å². The van der Waals surface area contributed by atoms with Gasteiger partial charge in [-0.1, -0.05) is 13.3 Å². The van der Waals surface area contributed by atoms with Crippen LogP contribution in [-0.2, 0) is 0 Å². The minimum atomic E-state index is -0.385. The van der Waals surface area contributed by atoms with Gasteiger partial charge in [-0.05, 0) is 37.3 Å². The Bertz CT molecular complexity index is 357. The van der Waals surface area contributed by atoms with Crippen molar-refractivity contribution in [2.24, 2.45) is 5.92 Å². The lowest BCUT2D eigenvalue weighted by Crippen LogP contribution is -2.34. The average Bonchev–Trinajstić information content (AvgIpc) is 2.29. The second-order valence-corrected chi connectivity index (χ2v) is 4.63. The van der Waals surface area contributed by atoms with Gasteiger partial charge in [0.2, 0.25) is 5.95 Å². The van der Waals surface area contributed by atoms with Crippen molar-refractivity contribution < 1.29 is 4.39 Å². The van der Waals surface area contributed by atoms with Gasteiger partial charge >= 0.3 is 0 Å². The van der Waals surface area contributed by atoms with Crippen molar-refractivity contribution in [2.45, 2.75) is 33.1 Å². The summed E-state index contributed by atoms with van der Waals surface area (Å²) in [7, 11) is 0. The maximum atomic E-state index is 12.9. The summed E-state index contributed by atoms with van der Waals surface area (Å²) in [5, 5.41) is 0. The van der Waals surface area contributed by atoms with E-state index in [0.717, 1.165) is 30.3 Å². The molecule has 1 aliphatic heterocycles. The fourth-order valence-corrected chi connectivity index (χ4v) is 2.43. The largest absolute Gasteiger partial charge is 0.370 e. The van der Waals surface area contributed by atoms with Crippen molar-refractivity contribution in [3.8, 4) is 0 Å². The zero-order valence-electron chi connectivity index (χ0n) is 10.0. The highest BCUT2D eigenvalue weighted by Gasteiger charge is 2.19. The Morgan fingerprint density at radius 3 is 2.69 bits per heavy atom. The molecule has 88 valence electrons. The molecule has 0 radical (unpaired) electrons. The van der Waals surface area contributed by atoms with Gasteiger partial charge in [0.05, 0.1) is 11.9 Å². The van der Waals surface area contributed by atoms with Crippen LogP contribution in [0.25, 0.3) is 0 Å². The molecule has 1 aromatic heterocycles. The summed E-state index contributed by atoms with van der Waals surface area (Å²) >= 11 is 0. The number of rotatable bonds is 2. The van der Waals surface area contributed by atoms with Gasteiger partial charge in [0.1, 0.15) is 0 Å². The van der Waals surface area contributed by atoms with Gasteiger partial charge in [0.15, 0.2) is 0 Å². The average molecular weight is 222 g/mol. The zero-order valence-corrected chi connectivity index (χ0v) is 10.0. The fraction of sp³-hybridized carbons (Fsp3) is 0.615. The Morgan fingerprint density at radius 2 is 2.12 bits per heavy atom. The van der Waals surface area contributed by atoms with Gasteiger partial charge in [-0.15, -0.1) is 0 Å². The standard InChI is InChI=1S/C13H19FN2/c1-3-11-4-6-16(7-5-11)12-9-15-13(14)8-10(12)2/h8-9,11H,3-7H2,1-2H3. The van der Waals surface area contributed by atoms with E-state index >= 15 is 0 Å². The van der Waals surface area contributed by atoms with E-state index in [1.165, 1.54) is 25.3 Å². The number of pyridine rings is 1. The van der Waals surface area contributed by atoms with Crippen LogP contribution in [0.4, 0.5) is 10.1 Å². The summed E-state index contributed by atoms with van der Waals surface area (Å²) in [5.41, 5.74) is 2.08. The van der Waals surface area contributed by atoms with Crippen molar-refractivity contribution in [2.75, 3.05) is 18.0 Å². The smallest absolute Gasteiger partial charge is 0.213 e. The highest BCUT2D eigenvalue weighted by Crippen LogP contribution is 2.26. The molecular formula is C13H19FN2. The molecule has 1 fully saturated rings. The SMILES string of the molecule is CCC1CCN(c2cnc(F)cc2C)CC1. The predicted molar refractivity (Wildman–Crippen MR) is 64.2 cm³/mol. The highest BCUT2D eigenvalue weighted by atomic mass is 19.1. The molecule has 2 rings (SSSR count). The van der Waals surface area contributed by atoms with E-state index in [1.54, 1.807) is 6.20 Å². The predicted octanol–water partition coefficient (Wildman–Crippen LogP) is 3.16. The number of aryl methyl sites for hydroxylation is 1. The van der Waals surface area contributed by atoms with Crippen LogP contribution < -0.4 is 4.90 Å². The summed E-state index contributed by atoms with van der Waals surface area (Å²) in [5.74, 6) is 0.481. The molecule has 1 saturated heterocycles. The number of nitrogens with zero attached hydrogens (tertiary/aromatic N) is 2. The van der Waals surface area contributed by atoms with Gasteiger partial charge in [-0.25, -0.2) is 4.98 Å². The van der Waals surface area contributed by atoms with E-state index < -0.39 is 0 Å². The molecule has 0 atom stereocenters. The van der Waals surface area contributed by atoms with Crippen molar-refractivity contribution >= 4 is 5.69 Å². The molecule has 0 N–H and O–H groups in total. The minimum Gasteiger partial charge on any atom is -0.370 e. The molecule has 1 aromatic rings. The Morgan fingerprint density at radius 1 is 1.44 bits per heavy atom. The zero-order chi connectivity index (χ0) is 11.5. The normalized spacial score (nSPS) is 17.8. The van der Waals surface area contributed by atoms with Gasteiger partial charge < -0.3 is 4.90 Å². The maximum absolute atomic E-state index is 12.9. The molecule has 2 heterocycles. The second kappa shape index (κ2) is 4.81. The van der Waals surface area contributed by atoms with Crippen LogP contribution in [0.15, 0.2) is 12.3 Å². The van der Waals surface area contributed by atoms with E-state index in [0.29, 0.717) is 0 Å². The third kappa shape index (κ3) is 2.34. The lowest BCUT2D eigenvalue weighted by atomic mass is 9.94. The Kier molecular flexibility index (Phi) is 3.42. The summed E-state index contributed by atoms with van der Waals surface area (Å²) in [6.07, 6.45) is 5.42. The van der Waals surface area contributed by atoms with Crippen molar-refractivity contribution in [3.63, 3.8) is 0 Å². The number of hydrogen-bond donors (Lipinski definition) is 0. The third-order valence-electron chi connectivity index (χ3n) is 3.58. The summed E-state index contributed by atoms with van der Waals surface area (Å²) in [4.78, 5) is 6.07. The maximum Gasteiger partial charge on any atom is 0.213 e. The van der Waals surface area contributed by atoms with E-state index in [2.05, 4.69) is 16.8 Å². The molecule has 2 nitrogen and oxygen atoms in total. The van der Waals surface area contributed by atoms with Gasteiger partial charge in [0.25, 0.3) is 0 Å². The quantitative estimate of drug-likeness (QED) is 0.715. The first-order valence-corrected chi connectivity index (χ1v) is 6.07. The molecular weight excluding hydrogens is 203 g/mol. The molecule has 0 unspecified atom stereocenters. The minimum absolute atomic E-state index is 0.385. The second-order valence-electron chi connectivity index (χ2n) is 4.63. The lowest BCUT2D eigenvalue weighted by Gasteiger charge is -2.33. The van der Waals surface area contributed by atoms with Gasteiger partial charge in [0, 0.05) is 13.1 Å². The number of aromatic nitrogens is 1. The van der Waals surface area contributed by atoms with Gasteiger partial charge in [-0.2, -0.15) is 4.39 Å². The van der Waals surface area contributed by atoms with Crippen molar-refractivity contribution in [3.05, 3.63) is 23.8 Å². The number of piperidine rings is 1. The monoisotopic (exact) mass is 222 g/mol. The topological polar surface area (TPSA) is 16.1 Å². The first-order valence-electron chi connectivity index (χ1n) is 6.07. The molecule has 0 aromatic carbocycles. The van der Waals surface area contributed by atoms with E-state index in [-0.39, 0.29) is 5.95 Å². The van der Waals surface area contributed by atoms with E-state index in [9.17, 15) is 4.39 Å². The number of hydrogen-bond acceptors (Lipinski definition) is 2. The Hall–Kier alpha value is -1.12.